The van der Waals surface area contributed by atoms with Crippen molar-refractivity contribution in [1.29, 1.82) is 0 Å². The zero-order valence-corrected chi connectivity index (χ0v) is 11.8. The van der Waals surface area contributed by atoms with E-state index in [0.29, 0.717) is 5.56 Å². The molecule has 0 unspecified atom stereocenters. The fraction of sp³-hybridized carbons (Fsp3) is 0.0667. The number of allylic oxidation sites excluding steroid dienone is 1. The summed E-state index contributed by atoms with van der Waals surface area (Å²) in [5.74, 6) is -1.56. The second kappa shape index (κ2) is 6.95. The van der Waals surface area contributed by atoms with Crippen LogP contribution in [0.3, 0.4) is 0 Å². The van der Waals surface area contributed by atoms with Gasteiger partial charge in [-0.25, -0.2) is 4.79 Å². The number of hydrogen-bond acceptors (Lipinski definition) is 4. The first-order chi connectivity index (χ1) is 10.5. The van der Waals surface area contributed by atoms with Crippen LogP contribution in [0.1, 0.15) is 24.9 Å². The minimum absolute atomic E-state index is 0.0426. The van der Waals surface area contributed by atoms with E-state index in [9.17, 15) is 18.4 Å². The number of aromatic carboxylic acids is 1. The Morgan fingerprint density at radius 3 is 2.45 bits per heavy atom. The van der Waals surface area contributed by atoms with Gasteiger partial charge >= 0.3 is 12.6 Å². The first kappa shape index (κ1) is 15.8. The highest BCUT2D eigenvalue weighted by Crippen LogP contribution is 2.23. The van der Waals surface area contributed by atoms with Crippen LogP contribution in [-0.4, -0.2) is 23.5 Å². The van der Waals surface area contributed by atoms with Crippen LogP contribution in [0, 0.1) is 0 Å². The van der Waals surface area contributed by atoms with Crippen molar-refractivity contribution in [2.24, 2.45) is 0 Å². The molecule has 0 amide bonds. The Balaban J connectivity index is 2.17. The molecule has 0 fully saturated rings. The number of carbonyl (C=O) groups is 2. The molecule has 114 valence electrons. The van der Waals surface area contributed by atoms with Crippen LogP contribution >= 0.6 is 11.3 Å². The number of carboxylic acid groups (broad SMARTS) is 1. The second-order valence-corrected chi connectivity index (χ2v) is 5.17. The molecule has 0 spiro atoms. The molecule has 0 bridgehead atoms. The minimum Gasteiger partial charge on any atom is -0.477 e. The average Bonchev–Trinajstić information content (AvgIpc) is 2.95. The lowest BCUT2D eigenvalue weighted by molar-refractivity contribution is -0.0499. The predicted molar refractivity (Wildman–Crippen MR) is 77.7 cm³/mol. The SMILES string of the molecule is O=C(O)c1ccc(C(=O)/C=C/c2ccccc2OC(F)F)s1. The monoisotopic (exact) mass is 324 g/mol. The van der Waals surface area contributed by atoms with Crippen LogP contribution < -0.4 is 4.74 Å². The molecular formula is C15H10F2O4S. The molecule has 2 rings (SSSR count). The Morgan fingerprint density at radius 2 is 1.82 bits per heavy atom. The molecule has 1 aromatic carbocycles. The van der Waals surface area contributed by atoms with Gasteiger partial charge in [0.05, 0.1) is 4.88 Å². The van der Waals surface area contributed by atoms with E-state index < -0.39 is 18.4 Å². The smallest absolute Gasteiger partial charge is 0.387 e. The third-order valence-corrected chi connectivity index (χ3v) is 3.70. The zero-order valence-electron chi connectivity index (χ0n) is 11.0. The lowest BCUT2D eigenvalue weighted by atomic mass is 10.1. The second-order valence-electron chi connectivity index (χ2n) is 4.08. The van der Waals surface area contributed by atoms with Gasteiger partial charge in [0.2, 0.25) is 0 Å². The van der Waals surface area contributed by atoms with E-state index in [0.717, 1.165) is 11.3 Å². The lowest BCUT2D eigenvalue weighted by Gasteiger charge is -2.06. The number of carboxylic acids is 1. The van der Waals surface area contributed by atoms with E-state index in [1.54, 1.807) is 6.07 Å². The van der Waals surface area contributed by atoms with E-state index >= 15 is 0 Å². The Kier molecular flexibility index (Phi) is 5.00. The van der Waals surface area contributed by atoms with Gasteiger partial charge in [0.1, 0.15) is 10.6 Å². The fourth-order valence-electron chi connectivity index (χ4n) is 1.65. The average molecular weight is 324 g/mol. The predicted octanol–water partition coefficient (Wildman–Crippen LogP) is 3.94. The molecule has 1 aromatic heterocycles. The number of alkyl halides is 2. The van der Waals surface area contributed by atoms with Crippen molar-refractivity contribution in [3.8, 4) is 5.75 Å². The van der Waals surface area contributed by atoms with Crippen LogP contribution in [0.15, 0.2) is 42.5 Å². The summed E-state index contributed by atoms with van der Waals surface area (Å²) in [4.78, 5) is 23.0. The van der Waals surface area contributed by atoms with Crippen molar-refractivity contribution < 1.29 is 28.2 Å². The summed E-state index contributed by atoms with van der Waals surface area (Å²) in [6.07, 6.45) is 2.53. The molecule has 0 aliphatic carbocycles. The van der Waals surface area contributed by atoms with E-state index in [1.807, 2.05) is 0 Å². The number of rotatable bonds is 6. The number of benzene rings is 1. The maximum atomic E-state index is 12.3. The van der Waals surface area contributed by atoms with Crippen LogP contribution in [0.4, 0.5) is 8.78 Å². The largest absolute Gasteiger partial charge is 0.477 e. The number of halogens is 2. The van der Waals surface area contributed by atoms with Crippen molar-refractivity contribution in [3.05, 3.63) is 57.8 Å². The number of ketones is 1. The quantitative estimate of drug-likeness (QED) is 0.645. The summed E-state index contributed by atoms with van der Waals surface area (Å²) in [7, 11) is 0. The molecule has 7 heteroatoms. The summed E-state index contributed by atoms with van der Waals surface area (Å²) in [6, 6.07) is 8.79. The van der Waals surface area contributed by atoms with Gasteiger partial charge in [0.25, 0.3) is 0 Å². The topological polar surface area (TPSA) is 63.6 Å². The molecule has 0 atom stereocenters. The summed E-state index contributed by atoms with van der Waals surface area (Å²) in [6.45, 7) is -2.96. The molecule has 1 N–H and O–H groups in total. The summed E-state index contributed by atoms with van der Waals surface area (Å²) in [5.41, 5.74) is 0.325. The summed E-state index contributed by atoms with van der Waals surface area (Å²) < 4.78 is 28.9. The molecule has 22 heavy (non-hydrogen) atoms. The van der Waals surface area contributed by atoms with Crippen LogP contribution in [0.25, 0.3) is 6.08 Å². The minimum atomic E-state index is -2.96. The van der Waals surface area contributed by atoms with Gasteiger partial charge in [-0.15, -0.1) is 11.3 Å². The lowest BCUT2D eigenvalue weighted by Crippen LogP contribution is -2.03. The maximum Gasteiger partial charge on any atom is 0.387 e. The molecular weight excluding hydrogens is 314 g/mol. The molecule has 0 aliphatic rings. The van der Waals surface area contributed by atoms with E-state index in [1.165, 1.54) is 42.5 Å². The Hall–Kier alpha value is -2.54. The molecule has 0 saturated carbocycles. The number of hydrogen-bond donors (Lipinski definition) is 1. The third-order valence-electron chi connectivity index (χ3n) is 2.61. The van der Waals surface area contributed by atoms with Crippen LogP contribution in [0.5, 0.6) is 5.75 Å². The standard InChI is InChI=1S/C15H10F2O4S/c16-15(17)21-11-4-2-1-3-9(11)5-6-10(18)12-7-8-13(22-12)14(19)20/h1-8,15H,(H,19,20)/b6-5+. The molecule has 2 aromatic rings. The molecule has 0 saturated heterocycles. The number of para-hydroxylation sites is 1. The van der Waals surface area contributed by atoms with Gasteiger partial charge in [-0.2, -0.15) is 8.78 Å². The van der Waals surface area contributed by atoms with E-state index in [2.05, 4.69) is 4.74 Å². The first-order valence-corrected chi connectivity index (χ1v) is 6.88. The highest BCUT2D eigenvalue weighted by molar-refractivity contribution is 7.16. The van der Waals surface area contributed by atoms with Crippen LogP contribution in [-0.2, 0) is 0 Å². The highest BCUT2D eigenvalue weighted by Gasteiger charge is 2.11. The Bertz CT molecular complexity index is 722. The highest BCUT2D eigenvalue weighted by atomic mass is 32.1. The van der Waals surface area contributed by atoms with Gasteiger partial charge in [-0.05, 0) is 30.4 Å². The van der Waals surface area contributed by atoms with Gasteiger partial charge in [-0.1, -0.05) is 18.2 Å². The molecule has 0 radical (unpaired) electrons. The van der Waals surface area contributed by atoms with Crippen molar-refractivity contribution in [3.63, 3.8) is 0 Å². The zero-order chi connectivity index (χ0) is 16.1. The number of carbonyl (C=O) groups excluding carboxylic acids is 1. The Morgan fingerprint density at radius 1 is 1.14 bits per heavy atom. The summed E-state index contributed by atoms with van der Waals surface area (Å²) >= 11 is 0.847. The normalized spacial score (nSPS) is 11.0. The van der Waals surface area contributed by atoms with Crippen molar-refractivity contribution in [1.82, 2.24) is 0 Å². The summed E-state index contributed by atoms with van der Waals surface area (Å²) in [5, 5.41) is 8.80. The fourth-order valence-corrected chi connectivity index (χ4v) is 2.42. The molecule has 1 heterocycles. The number of ether oxygens (including phenoxy) is 1. The number of thiophene rings is 1. The molecule has 0 aliphatic heterocycles. The van der Waals surface area contributed by atoms with Gasteiger partial charge < -0.3 is 9.84 Å². The van der Waals surface area contributed by atoms with Gasteiger partial charge in [-0.3, -0.25) is 4.79 Å². The van der Waals surface area contributed by atoms with Gasteiger partial charge in [0, 0.05) is 5.56 Å². The first-order valence-electron chi connectivity index (χ1n) is 6.07. The van der Waals surface area contributed by atoms with Crippen molar-refractivity contribution >= 4 is 29.2 Å². The maximum absolute atomic E-state index is 12.3. The molecule has 4 nitrogen and oxygen atoms in total. The van der Waals surface area contributed by atoms with E-state index in [4.69, 9.17) is 5.11 Å². The Labute approximate surface area is 128 Å². The van der Waals surface area contributed by atoms with Crippen LogP contribution in [0.2, 0.25) is 0 Å². The third kappa shape index (κ3) is 3.98. The van der Waals surface area contributed by atoms with E-state index in [-0.39, 0.29) is 15.5 Å². The van der Waals surface area contributed by atoms with Gasteiger partial charge in [0.15, 0.2) is 5.78 Å². The van der Waals surface area contributed by atoms with Crippen molar-refractivity contribution in [2.45, 2.75) is 6.61 Å². The van der Waals surface area contributed by atoms with Crippen molar-refractivity contribution in [2.75, 3.05) is 0 Å².